The van der Waals surface area contributed by atoms with E-state index in [-0.39, 0.29) is 5.91 Å². The Morgan fingerprint density at radius 2 is 2.27 bits per heavy atom. The van der Waals surface area contributed by atoms with Gasteiger partial charge < -0.3 is 4.90 Å². The van der Waals surface area contributed by atoms with Crippen LogP contribution in [0.15, 0.2) is 24.4 Å². The Kier molecular flexibility index (Phi) is 2.47. The van der Waals surface area contributed by atoms with E-state index < -0.39 is 0 Å². The van der Waals surface area contributed by atoms with Gasteiger partial charge in [0.1, 0.15) is 0 Å². The molecule has 0 saturated carbocycles. The van der Waals surface area contributed by atoms with Gasteiger partial charge >= 0.3 is 0 Å². The third kappa shape index (κ3) is 1.70. The van der Waals surface area contributed by atoms with Gasteiger partial charge in [-0.1, -0.05) is 19.9 Å². The average Bonchev–Trinajstić information content (AvgIpc) is 2.29. The zero-order chi connectivity index (χ0) is 8.27. The van der Waals surface area contributed by atoms with Crippen LogP contribution in [0.2, 0.25) is 0 Å². The molecule has 0 saturated heterocycles. The quantitative estimate of drug-likeness (QED) is 0.601. The van der Waals surface area contributed by atoms with E-state index in [1.54, 1.807) is 17.1 Å². The standard InChI is InChI=1S/C9H13NO/c1-3-4-7-10-8(2)5-6-9(10)11/h5-6H,2-4,7H2,1H3. The number of carbonyl (C=O) groups is 1. The fraction of sp³-hybridized carbons (Fsp3) is 0.444. The second-order valence-corrected chi connectivity index (χ2v) is 2.67. The first-order valence-electron chi connectivity index (χ1n) is 3.94. The minimum Gasteiger partial charge on any atom is -0.309 e. The molecule has 0 aliphatic carbocycles. The van der Waals surface area contributed by atoms with Crippen LogP contribution in [0.25, 0.3) is 0 Å². The molecule has 0 fully saturated rings. The fourth-order valence-corrected chi connectivity index (χ4v) is 1.06. The molecule has 1 aliphatic heterocycles. The number of unbranched alkanes of at least 4 members (excludes halogenated alkanes) is 1. The molecule has 0 aromatic rings. The van der Waals surface area contributed by atoms with Gasteiger partial charge in [0.2, 0.25) is 0 Å². The molecule has 2 heteroatoms. The summed E-state index contributed by atoms with van der Waals surface area (Å²) in [6.45, 7) is 6.67. The largest absolute Gasteiger partial charge is 0.309 e. The second-order valence-electron chi connectivity index (χ2n) is 2.67. The highest BCUT2D eigenvalue weighted by Crippen LogP contribution is 2.13. The van der Waals surface area contributed by atoms with Gasteiger partial charge in [-0.25, -0.2) is 0 Å². The van der Waals surface area contributed by atoms with E-state index in [0.717, 1.165) is 25.1 Å². The minimum atomic E-state index is 0.0726. The molecule has 11 heavy (non-hydrogen) atoms. The van der Waals surface area contributed by atoms with Crippen LogP contribution in [0.5, 0.6) is 0 Å². The van der Waals surface area contributed by atoms with Crippen molar-refractivity contribution in [2.24, 2.45) is 0 Å². The summed E-state index contributed by atoms with van der Waals surface area (Å²) in [6, 6.07) is 0. The van der Waals surface area contributed by atoms with Crippen LogP contribution < -0.4 is 0 Å². The van der Waals surface area contributed by atoms with Crippen LogP contribution in [0.1, 0.15) is 19.8 Å². The van der Waals surface area contributed by atoms with Crippen LogP contribution in [0.4, 0.5) is 0 Å². The van der Waals surface area contributed by atoms with Crippen molar-refractivity contribution in [3.8, 4) is 0 Å². The molecule has 1 heterocycles. The summed E-state index contributed by atoms with van der Waals surface area (Å²) in [7, 11) is 0. The number of rotatable bonds is 3. The third-order valence-electron chi connectivity index (χ3n) is 1.77. The maximum atomic E-state index is 11.1. The molecular weight excluding hydrogens is 138 g/mol. The Morgan fingerprint density at radius 3 is 2.73 bits per heavy atom. The van der Waals surface area contributed by atoms with Gasteiger partial charge in [-0.15, -0.1) is 0 Å². The maximum Gasteiger partial charge on any atom is 0.251 e. The Balaban J connectivity index is 2.46. The summed E-state index contributed by atoms with van der Waals surface area (Å²) in [5, 5.41) is 0. The van der Waals surface area contributed by atoms with Crippen LogP contribution in [0.3, 0.4) is 0 Å². The predicted molar refractivity (Wildman–Crippen MR) is 44.9 cm³/mol. The molecule has 0 unspecified atom stereocenters. The molecule has 0 radical (unpaired) electrons. The monoisotopic (exact) mass is 151 g/mol. The average molecular weight is 151 g/mol. The van der Waals surface area contributed by atoms with Crippen molar-refractivity contribution in [3.05, 3.63) is 24.4 Å². The van der Waals surface area contributed by atoms with Crippen molar-refractivity contribution in [3.63, 3.8) is 0 Å². The van der Waals surface area contributed by atoms with E-state index in [2.05, 4.69) is 13.5 Å². The Bertz CT molecular complexity index is 188. The molecule has 1 aliphatic rings. The van der Waals surface area contributed by atoms with E-state index in [1.165, 1.54) is 0 Å². The van der Waals surface area contributed by atoms with Crippen LogP contribution in [-0.2, 0) is 4.79 Å². The van der Waals surface area contributed by atoms with Gasteiger partial charge in [0.15, 0.2) is 0 Å². The normalized spacial score (nSPS) is 16.6. The molecule has 60 valence electrons. The third-order valence-corrected chi connectivity index (χ3v) is 1.77. The lowest BCUT2D eigenvalue weighted by Crippen LogP contribution is -2.24. The van der Waals surface area contributed by atoms with Crippen LogP contribution >= 0.6 is 0 Å². The fourth-order valence-electron chi connectivity index (χ4n) is 1.06. The Morgan fingerprint density at radius 1 is 1.55 bits per heavy atom. The highest BCUT2D eigenvalue weighted by molar-refractivity contribution is 5.92. The van der Waals surface area contributed by atoms with Crippen LogP contribution in [-0.4, -0.2) is 17.4 Å². The zero-order valence-corrected chi connectivity index (χ0v) is 6.84. The summed E-state index contributed by atoms with van der Waals surface area (Å²) >= 11 is 0. The molecular formula is C9H13NO. The highest BCUT2D eigenvalue weighted by Gasteiger charge is 2.16. The van der Waals surface area contributed by atoms with Gasteiger partial charge in [-0.05, 0) is 12.5 Å². The zero-order valence-electron chi connectivity index (χ0n) is 6.84. The van der Waals surface area contributed by atoms with Gasteiger partial charge in [0.05, 0.1) is 0 Å². The summed E-state index contributed by atoms with van der Waals surface area (Å²) in [4.78, 5) is 12.8. The van der Waals surface area contributed by atoms with Crippen molar-refractivity contribution in [2.75, 3.05) is 6.54 Å². The summed E-state index contributed by atoms with van der Waals surface area (Å²) in [5.74, 6) is 0.0726. The molecule has 0 spiro atoms. The maximum absolute atomic E-state index is 11.1. The second kappa shape index (κ2) is 3.37. The molecule has 0 N–H and O–H groups in total. The topological polar surface area (TPSA) is 20.3 Å². The van der Waals surface area contributed by atoms with E-state index in [1.807, 2.05) is 0 Å². The lowest BCUT2D eigenvalue weighted by molar-refractivity contribution is -0.123. The Hall–Kier alpha value is -1.05. The SMILES string of the molecule is C=C1C=CC(=O)N1CCCC. The molecule has 2 nitrogen and oxygen atoms in total. The van der Waals surface area contributed by atoms with Crippen molar-refractivity contribution in [2.45, 2.75) is 19.8 Å². The van der Waals surface area contributed by atoms with Gasteiger partial charge in [-0.3, -0.25) is 4.79 Å². The van der Waals surface area contributed by atoms with Crippen molar-refractivity contribution in [1.29, 1.82) is 0 Å². The Labute approximate surface area is 67.2 Å². The lowest BCUT2D eigenvalue weighted by atomic mass is 10.3. The van der Waals surface area contributed by atoms with E-state index in [0.29, 0.717) is 0 Å². The predicted octanol–water partition coefficient (Wildman–Crippen LogP) is 1.70. The van der Waals surface area contributed by atoms with Gasteiger partial charge in [-0.2, -0.15) is 0 Å². The van der Waals surface area contributed by atoms with E-state index >= 15 is 0 Å². The van der Waals surface area contributed by atoms with Crippen LogP contribution in [0, 0.1) is 0 Å². The van der Waals surface area contributed by atoms with Crippen molar-refractivity contribution in [1.82, 2.24) is 4.90 Å². The minimum absolute atomic E-state index is 0.0726. The number of allylic oxidation sites excluding steroid dienone is 1. The molecule has 0 atom stereocenters. The first-order valence-corrected chi connectivity index (χ1v) is 3.94. The first kappa shape index (κ1) is 8.05. The van der Waals surface area contributed by atoms with Crippen molar-refractivity contribution < 1.29 is 4.79 Å². The molecule has 0 aromatic heterocycles. The summed E-state index contributed by atoms with van der Waals surface area (Å²) in [5.41, 5.74) is 0.823. The van der Waals surface area contributed by atoms with Crippen molar-refractivity contribution >= 4 is 5.91 Å². The summed E-state index contributed by atoms with van der Waals surface area (Å²) < 4.78 is 0. The molecule has 0 bridgehead atoms. The summed E-state index contributed by atoms with van der Waals surface area (Å²) in [6.07, 6.45) is 5.49. The number of amides is 1. The first-order chi connectivity index (χ1) is 5.25. The lowest BCUT2D eigenvalue weighted by Gasteiger charge is -2.15. The number of carbonyl (C=O) groups excluding carboxylic acids is 1. The van der Waals surface area contributed by atoms with E-state index in [4.69, 9.17) is 0 Å². The number of nitrogens with zero attached hydrogens (tertiary/aromatic N) is 1. The smallest absolute Gasteiger partial charge is 0.251 e. The number of hydrogen-bond donors (Lipinski definition) is 0. The molecule has 0 aromatic carbocycles. The van der Waals surface area contributed by atoms with E-state index in [9.17, 15) is 4.79 Å². The molecule has 1 amide bonds. The van der Waals surface area contributed by atoms with Gasteiger partial charge in [0, 0.05) is 18.3 Å². The van der Waals surface area contributed by atoms with Gasteiger partial charge in [0.25, 0.3) is 5.91 Å². The number of hydrogen-bond acceptors (Lipinski definition) is 1. The molecule has 1 rings (SSSR count). The highest BCUT2D eigenvalue weighted by atomic mass is 16.2.